The first-order valence-electron chi connectivity index (χ1n) is 10.7. The number of hydrogen-bond donors (Lipinski definition) is 1. The highest BCUT2D eigenvalue weighted by Gasteiger charge is 2.20. The van der Waals surface area contributed by atoms with Crippen molar-refractivity contribution in [2.75, 3.05) is 0 Å². The van der Waals surface area contributed by atoms with Gasteiger partial charge in [-0.25, -0.2) is 23.7 Å². The largest absolute Gasteiger partial charge is 0.294 e. The number of Topliss-reactive ketones (excluding diaryl/α,β-unsaturated/α-hetero) is 1. The number of hydrogen-bond acceptors (Lipinski definition) is 5. The predicted molar refractivity (Wildman–Crippen MR) is 121 cm³/mol. The molecule has 0 aliphatic heterocycles. The molecule has 0 unspecified atom stereocenters. The molecule has 3 heterocycles. The standard InChI is InChI=1S/C26H23F2N4O2/c1-15(18-5-4-16(2)32(34)14-18)8-26(33)19-9-24(20-12-29-17(3)30-13-20)31-25(10-19)22-7-6-21(27)11-23(22)28/h4-7,9-15,34H,8H2,1-3H3/q+1/t15-/m0/s1. The number of benzene rings is 1. The maximum atomic E-state index is 14.5. The fraction of sp³-hybridized carbons (Fsp3) is 0.192. The minimum absolute atomic E-state index is 0.0817. The summed E-state index contributed by atoms with van der Waals surface area (Å²) in [5, 5.41) is 9.94. The van der Waals surface area contributed by atoms with Crippen LogP contribution in [-0.4, -0.2) is 25.9 Å². The van der Waals surface area contributed by atoms with E-state index in [1.807, 2.05) is 13.0 Å². The third-order valence-corrected chi connectivity index (χ3v) is 5.64. The molecular formula is C26H23F2N4O2+. The molecule has 3 aromatic heterocycles. The van der Waals surface area contributed by atoms with Gasteiger partial charge in [0, 0.05) is 64.9 Å². The lowest BCUT2D eigenvalue weighted by Gasteiger charge is -2.12. The summed E-state index contributed by atoms with van der Waals surface area (Å²) in [6, 6.07) is 9.98. The van der Waals surface area contributed by atoms with E-state index < -0.39 is 11.6 Å². The van der Waals surface area contributed by atoms with Gasteiger partial charge in [0.05, 0.1) is 11.4 Å². The molecule has 1 N–H and O–H groups in total. The second kappa shape index (κ2) is 9.43. The van der Waals surface area contributed by atoms with Crippen molar-refractivity contribution in [3.63, 3.8) is 0 Å². The highest BCUT2D eigenvalue weighted by molar-refractivity contribution is 5.98. The SMILES string of the molecule is Cc1ncc(-c2cc(C(=O)C[C@H](C)c3ccc(C)[n+](O)c3)cc(-c3ccc(F)cc3F)n2)cn1. The van der Waals surface area contributed by atoms with Crippen LogP contribution in [0, 0.1) is 25.5 Å². The third-order valence-electron chi connectivity index (χ3n) is 5.64. The van der Waals surface area contributed by atoms with E-state index in [2.05, 4.69) is 15.0 Å². The lowest BCUT2D eigenvalue weighted by Crippen LogP contribution is -2.33. The van der Waals surface area contributed by atoms with Crippen molar-refractivity contribution in [1.29, 1.82) is 0 Å². The molecule has 0 amide bonds. The van der Waals surface area contributed by atoms with E-state index in [0.717, 1.165) is 22.4 Å². The monoisotopic (exact) mass is 461 g/mol. The van der Waals surface area contributed by atoms with Crippen molar-refractivity contribution in [1.82, 2.24) is 15.0 Å². The fourth-order valence-electron chi connectivity index (χ4n) is 3.58. The number of carbonyl (C=O) groups excluding carboxylic acids is 1. The molecule has 34 heavy (non-hydrogen) atoms. The van der Waals surface area contributed by atoms with Crippen molar-refractivity contribution < 1.29 is 23.5 Å². The molecule has 0 radical (unpaired) electrons. The van der Waals surface area contributed by atoms with Gasteiger partial charge < -0.3 is 0 Å². The number of aryl methyl sites for hydroxylation is 2. The van der Waals surface area contributed by atoms with E-state index in [4.69, 9.17) is 0 Å². The average molecular weight is 461 g/mol. The Kier molecular flexibility index (Phi) is 6.40. The zero-order valence-electron chi connectivity index (χ0n) is 19.0. The van der Waals surface area contributed by atoms with Gasteiger partial charge in [-0.2, -0.15) is 0 Å². The van der Waals surface area contributed by atoms with E-state index in [1.165, 1.54) is 12.1 Å². The maximum absolute atomic E-state index is 14.5. The number of nitrogens with zero attached hydrogens (tertiary/aromatic N) is 4. The van der Waals surface area contributed by atoms with Crippen LogP contribution in [-0.2, 0) is 0 Å². The Morgan fingerprint density at radius 2 is 1.74 bits per heavy atom. The molecule has 4 rings (SSSR count). The van der Waals surface area contributed by atoms with Gasteiger partial charge in [-0.3, -0.25) is 10.0 Å². The van der Waals surface area contributed by atoms with Crippen molar-refractivity contribution in [3.05, 3.63) is 95.3 Å². The Labute approximate surface area is 195 Å². The topological polar surface area (TPSA) is 79.9 Å². The Morgan fingerprint density at radius 1 is 1.03 bits per heavy atom. The zero-order chi connectivity index (χ0) is 24.4. The van der Waals surface area contributed by atoms with Gasteiger partial charge in [-0.05, 0) is 43.2 Å². The highest BCUT2D eigenvalue weighted by Crippen LogP contribution is 2.29. The molecule has 0 saturated heterocycles. The predicted octanol–water partition coefficient (Wildman–Crippen LogP) is 5.00. The normalized spacial score (nSPS) is 11.9. The van der Waals surface area contributed by atoms with Crippen molar-refractivity contribution >= 4 is 5.78 Å². The lowest BCUT2D eigenvalue weighted by molar-refractivity contribution is -0.909. The Hall–Kier alpha value is -4.07. The van der Waals surface area contributed by atoms with E-state index in [0.29, 0.717) is 28.3 Å². The molecular weight excluding hydrogens is 438 g/mol. The molecule has 8 heteroatoms. The number of rotatable bonds is 6. The first-order valence-corrected chi connectivity index (χ1v) is 10.7. The molecule has 0 fully saturated rings. The minimum atomic E-state index is -0.774. The summed E-state index contributed by atoms with van der Waals surface area (Å²) in [6.45, 7) is 5.40. The molecule has 6 nitrogen and oxygen atoms in total. The van der Waals surface area contributed by atoms with Gasteiger partial charge in [0.25, 0.3) is 0 Å². The summed E-state index contributed by atoms with van der Waals surface area (Å²) in [5.41, 5.74) is 3.06. The van der Waals surface area contributed by atoms with Crippen LogP contribution in [0.5, 0.6) is 0 Å². The maximum Gasteiger partial charge on any atom is 0.231 e. The smallest absolute Gasteiger partial charge is 0.231 e. The molecule has 1 atom stereocenters. The van der Waals surface area contributed by atoms with Crippen molar-refractivity contribution in [2.45, 2.75) is 33.1 Å². The number of carbonyl (C=O) groups is 1. The van der Waals surface area contributed by atoms with Gasteiger partial charge in [-0.15, -0.1) is 0 Å². The quantitative estimate of drug-likeness (QED) is 0.248. The molecule has 4 aromatic rings. The van der Waals surface area contributed by atoms with Crippen LogP contribution in [0.3, 0.4) is 0 Å². The number of aromatic nitrogens is 4. The zero-order valence-corrected chi connectivity index (χ0v) is 19.0. The number of ketones is 1. The van der Waals surface area contributed by atoms with Gasteiger partial charge in [0.1, 0.15) is 17.5 Å². The second-order valence-electron chi connectivity index (χ2n) is 8.25. The molecule has 0 spiro atoms. The Morgan fingerprint density at radius 3 is 2.41 bits per heavy atom. The van der Waals surface area contributed by atoms with Crippen molar-refractivity contribution in [2.24, 2.45) is 0 Å². The van der Waals surface area contributed by atoms with E-state index in [1.54, 1.807) is 44.6 Å². The van der Waals surface area contributed by atoms with Gasteiger partial charge in [0.2, 0.25) is 11.9 Å². The third kappa shape index (κ3) is 4.96. The fourth-order valence-corrected chi connectivity index (χ4v) is 3.58. The Balaban J connectivity index is 1.74. The summed E-state index contributed by atoms with van der Waals surface area (Å²) >= 11 is 0. The van der Waals surface area contributed by atoms with Crippen LogP contribution < -0.4 is 4.73 Å². The minimum Gasteiger partial charge on any atom is -0.294 e. The van der Waals surface area contributed by atoms with Crippen LogP contribution in [0.4, 0.5) is 8.78 Å². The Bertz CT molecular complexity index is 1370. The average Bonchev–Trinajstić information content (AvgIpc) is 2.81. The second-order valence-corrected chi connectivity index (χ2v) is 8.25. The molecule has 0 saturated carbocycles. The molecule has 1 aromatic carbocycles. The molecule has 172 valence electrons. The highest BCUT2D eigenvalue weighted by atomic mass is 19.1. The molecule has 0 bridgehead atoms. The summed E-state index contributed by atoms with van der Waals surface area (Å²) < 4.78 is 29.0. The summed E-state index contributed by atoms with van der Waals surface area (Å²) in [4.78, 5) is 26.1. The van der Waals surface area contributed by atoms with E-state index >= 15 is 0 Å². The summed E-state index contributed by atoms with van der Waals surface area (Å²) in [7, 11) is 0. The van der Waals surface area contributed by atoms with Gasteiger partial charge >= 0.3 is 0 Å². The van der Waals surface area contributed by atoms with E-state index in [-0.39, 0.29) is 29.4 Å². The first kappa shape index (κ1) is 23.1. The molecule has 0 aliphatic carbocycles. The van der Waals surface area contributed by atoms with Crippen LogP contribution in [0.25, 0.3) is 22.5 Å². The van der Waals surface area contributed by atoms with Crippen molar-refractivity contribution in [3.8, 4) is 22.5 Å². The van der Waals surface area contributed by atoms with Crippen LogP contribution >= 0.6 is 0 Å². The lowest BCUT2D eigenvalue weighted by atomic mass is 9.93. The first-order chi connectivity index (χ1) is 16.2. The van der Waals surface area contributed by atoms with Crippen LogP contribution in [0.15, 0.2) is 61.1 Å². The summed E-state index contributed by atoms with van der Waals surface area (Å²) in [6.07, 6.45) is 4.90. The molecule has 0 aliphatic rings. The van der Waals surface area contributed by atoms with Crippen LogP contribution in [0.2, 0.25) is 0 Å². The van der Waals surface area contributed by atoms with E-state index in [9.17, 15) is 18.8 Å². The van der Waals surface area contributed by atoms with Crippen LogP contribution in [0.1, 0.15) is 46.7 Å². The summed E-state index contributed by atoms with van der Waals surface area (Å²) in [5.74, 6) is -1.26. The van der Waals surface area contributed by atoms with Gasteiger partial charge in [-0.1, -0.05) is 6.92 Å². The van der Waals surface area contributed by atoms with Gasteiger partial charge in [0.15, 0.2) is 5.78 Å². The number of pyridine rings is 2. The number of halogens is 2.